The van der Waals surface area contributed by atoms with E-state index in [1.807, 2.05) is 6.92 Å². The van der Waals surface area contributed by atoms with Gasteiger partial charge in [0.15, 0.2) is 17.3 Å². The Kier molecular flexibility index (Phi) is 4.15. The smallest absolute Gasteiger partial charge is 0.295 e. The van der Waals surface area contributed by atoms with Crippen molar-refractivity contribution in [2.24, 2.45) is 0 Å². The highest BCUT2D eigenvalue weighted by molar-refractivity contribution is 5.63. The summed E-state index contributed by atoms with van der Waals surface area (Å²) in [6, 6.07) is 1.21. The molecule has 2 aromatic rings. The molecule has 0 saturated carbocycles. The number of anilines is 1. The molecule has 0 amide bonds. The maximum absolute atomic E-state index is 13.8. The van der Waals surface area contributed by atoms with Crippen molar-refractivity contribution in [3.05, 3.63) is 51.8 Å². The first-order chi connectivity index (χ1) is 9.93. The van der Waals surface area contributed by atoms with Gasteiger partial charge in [-0.3, -0.25) is 14.8 Å². The van der Waals surface area contributed by atoms with Crippen LogP contribution < -0.4 is 5.32 Å². The van der Waals surface area contributed by atoms with Crippen LogP contribution >= 0.6 is 0 Å². The van der Waals surface area contributed by atoms with E-state index in [4.69, 9.17) is 0 Å². The molecule has 1 aromatic carbocycles. The molecule has 0 spiro atoms. The minimum atomic E-state index is -1.26. The summed E-state index contributed by atoms with van der Waals surface area (Å²) in [5.74, 6) is -2.40. The summed E-state index contributed by atoms with van der Waals surface area (Å²) in [5.41, 5.74) is -0.254. The molecule has 8 heteroatoms. The summed E-state index contributed by atoms with van der Waals surface area (Å²) in [5, 5.41) is 17.6. The van der Waals surface area contributed by atoms with E-state index in [2.05, 4.69) is 10.4 Å². The largest absolute Gasteiger partial charge is 0.370 e. The number of aryl methyl sites for hydroxylation is 1. The molecule has 0 bridgehead atoms. The van der Waals surface area contributed by atoms with Gasteiger partial charge in [0.25, 0.3) is 5.69 Å². The number of benzene rings is 1. The standard InChI is InChI=1S/C13H14F2N4O2/c1-3-18-7-9(6-16-18)8(2)17-13-11(19(20)21)5-4-10(14)12(13)15/h4-8,17H,3H2,1-2H3. The Bertz CT molecular complexity index is 672. The molecular weight excluding hydrogens is 282 g/mol. The van der Waals surface area contributed by atoms with E-state index < -0.39 is 34.0 Å². The van der Waals surface area contributed by atoms with Crippen LogP contribution in [0.15, 0.2) is 24.5 Å². The van der Waals surface area contributed by atoms with Crippen molar-refractivity contribution in [3.63, 3.8) is 0 Å². The van der Waals surface area contributed by atoms with Gasteiger partial charge in [0.05, 0.1) is 17.2 Å². The Hall–Kier alpha value is -2.51. The van der Waals surface area contributed by atoms with E-state index in [1.165, 1.54) is 0 Å². The Morgan fingerprint density at radius 2 is 2.19 bits per heavy atom. The average Bonchev–Trinajstić information content (AvgIpc) is 2.92. The van der Waals surface area contributed by atoms with Gasteiger partial charge < -0.3 is 5.32 Å². The number of nitrogens with one attached hydrogen (secondary N) is 1. The SMILES string of the molecule is CCn1cc(C(C)Nc2c([N+](=O)[O-])ccc(F)c2F)cn1. The molecule has 0 saturated heterocycles. The molecule has 0 fully saturated rings. The van der Waals surface area contributed by atoms with Gasteiger partial charge >= 0.3 is 0 Å². The van der Waals surface area contributed by atoms with Crippen molar-refractivity contribution < 1.29 is 13.7 Å². The van der Waals surface area contributed by atoms with Crippen LogP contribution in [0.1, 0.15) is 25.5 Å². The number of nitrogens with zero attached hydrogens (tertiary/aromatic N) is 3. The summed E-state index contributed by atoms with van der Waals surface area (Å²) in [7, 11) is 0. The monoisotopic (exact) mass is 296 g/mol. The maximum Gasteiger partial charge on any atom is 0.295 e. The molecule has 21 heavy (non-hydrogen) atoms. The number of nitro groups is 1. The van der Waals surface area contributed by atoms with Gasteiger partial charge in [0, 0.05) is 24.4 Å². The van der Waals surface area contributed by atoms with Crippen LogP contribution in [0.3, 0.4) is 0 Å². The van der Waals surface area contributed by atoms with E-state index >= 15 is 0 Å². The third kappa shape index (κ3) is 2.99. The highest BCUT2D eigenvalue weighted by Gasteiger charge is 2.23. The van der Waals surface area contributed by atoms with Crippen molar-refractivity contribution >= 4 is 11.4 Å². The van der Waals surface area contributed by atoms with Crippen LogP contribution in [0.25, 0.3) is 0 Å². The Morgan fingerprint density at radius 1 is 1.48 bits per heavy atom. The lowest BCUT2D eigenvalue weighted by molar-refractivity contribution is -0.384. The molecular formula is C13H14F2N4O2. The highest BCUT2D eigenvalue weighted by atomic mass is 19.2. The molecule has 6 nitrogen and oxygen atoms in total. The van der Waals surface area contributed by atoms with E-state index in [9.17, 15) is 18.9 Å². The van der Waals surface area contributed by atoms with Crippen LogP contribution in [0.5, 0.6) is 0 Å². The molecule has 1 aromatic heterocycles. The summed E-state index contributed by atoms with van der Waals surface area (Å²) in [4.78, 5) is 10.2. The first kappa shape index (κ1) is 14.9. The minimum Gasteiger partial charge on any atom is -0.370 e. The predicted molar refractivity (Wildman–Crippen MR) is 73.0 cm³/mol. The number of aromatic nitrogens is 2. The molecule has 0 aliphatic heterocycles. The van der Waals surface area contributed by atoms with Crippen molar-refractivity contribution in [2.45, 2.75) is 26.4 Å². The van der Waals surface area contributed by atoms with Gasteiger partial charge in [-0.25, -0.2) is 8.78 Å². The molecule has 1 atom stereocenters. The topological polar surface area (TPSA) is 73.0 Å². The summed E-state index contributed by atoms with van der Waals surface area (Å²) in [6.07, 6.45) is 3.31. The lowest BCUT2D eigenvalue weighted by atomic mass is 10.1. The second kappa shape index (κ2) is 5.86. The lowest BCUT2D eigenvalue weighted by Gasteiger charge is -2.14. The molecule has 0 aliphatic carbocycles. The zero-order valence-corrected chi connectivity index (χ0v) is 11.5. The fourth-order valence-electron chi connectivity index (χ4n) is 1.91. The highest BCUT2D eigenvalue weighted by Crippen LogP contribution is 2.32. The van der Waals surface area contributed by atoms with Crippen molar-refractivity contribution in [2.75, 3.05) is 5.32 Å². The molecule has 2 rings (SSSR count). The first-order valence-corrected chi connectivity index (χ1v) is 6.35. The van der Waals surface area contributed by atoms with Crippen LogP contribution in [-0.4, -0.2) is 14.7 Å². The van der Waals surface area contributed by atoms with Crippen LogP contribution in [-0.2, 0) is 6.54 Å². The zero-order chi connectivity index (χ0) is 15.6. The van der Waals surface area contributed by atoms with E-state index in [0.717, 1.165) is 17.7 Å². The molecule has 0 radical (unpaired) electrons. The summed E-state index contributed by atoms with van der Waals surface area (Å²) in [6.45, 7) is 4.26. The van der Waals surface area contributed by atoms with E-state index in [1.54, 1.807) is 24.0 Å². The maximum atomic E-state index is 13.8. The Balaban J connectivity index is 2.33. The fourth-order valence-corrected chi connectivity index (χ4v) is 1.91. The van der Waals surface area contributed by atoms with Crippen molar-refractivity contribution in [3.8, 4) is 0 Å². The van der Waals surface area contributed by atoms with Gasteiger partial charge in [-0.05, 0) is 19.9 Å². The van der Waals surface area contributed by atoms with Crippen molar-refractivity contribution in [1.29, 1.82) is 0 Å². The molecule has 1 heterocycles. The van der Waals surface area contributed by atoms with Gasteiger partial charge in [0.2, 0.25) is 0 Å². The normalized spacial score (nSPS) is 12.2. The van der Waals surface area contributed by atoms with Crippen LogP contribution in [0.4, 0.5) is 20.2 Å². The predicted octanol–water partition coefficient (Wildman–Crippen LogP) is 3.26. The average molecular weight is 296 g/mol. The summed E-state index contributed by atoms with van der Waals surface area (Å²) >= 11 is 0. The van der Waals surface area contributed by atoms with Gasteiger partial charge in [-0.15, -0.1) is 0 Å². The number of hydrogen-bond acceptors (Lipinski definition) is 4. The third-order valence-corrected chi connectivity index (χ3v) is 3.11. The fraction of sp³-hybridized carbons (Fsp3) is 0.308. The third-order valence-electron chi connectivity index (χ3n) is 3.11. The second-order valence-electron chi connectivity index (χ2n) is 4.51. The number of nitro benzene ring substituents is 1. The van der Waals surface area contributed by atoms with Gasteiger partial charge in [-0.1, -0.05) is 0 Å². The molecule has 112 valence electrons. The van der Waals surface area contributed by atoms with Crippen LogP contribution in [0.2, 0.25) is 0 Å². The lowest BCUT2D eigenvalue weighted by Crippen LogP contribution is -2.10. The van der Waals surface area contributed by atoms with Crippen molar-refractivity contribution in [1.82, 2.24) is 9.78 Å². The molecule has 1 N–H and O–H groups in total. The Labute approximate surface area is 119 Å². The molecule has 1 unspecified atom stereocenters. The molecule has 0 aliphatic rings. The minimum absolute atomic E-state index is 0.458. The first-order valence-electron chi connectivity index (χ1n) is 6.35. The van der Waals surface area contributed by atoms with Crippen LogP contribution in [0, 0.1) is 21.7 Å². The number of halogens is 2. The summed E-state index contributed by atoms with van der Waals surface area (Å²) < 4.78 is 28.8. The second-order valence-corrected chi connectivity index (χ2v) is 4.51. The quantitative estimate of drug-likeness (QED) is 0.679. The van der Waals surface area contributed by atoms with E-state index in [0.29, 0.717) is 6.54 Å². The number of hydrogen-bond donors (Lipinski definition) is 1. The van der Waals surface area contributed by atoms with Gasteiger partial charge in [0.1, 0.15) is 0 Å². The zero-order valence-electron chi connectivity index (χ0n) is 11.5. The number of rotatable bonds is 5. The van der Waals surface area contributed by atoms with Gasteiger partial charge in [-0.2, -0.15) is 5.10 Å². The Morgan fingerprint density at radius 3 is 2.76 bits per heavy atom. The van der Waals surface area contributed by atoms with E-state index in [-0.39, 0.29) is 0 Å².